The molecule has 0 aromatic heterocycles. The van der Waals surface area contributed by atoms with Crippen LogP contribution in [0.1, 0.15) is 81.6 Å². The van der Waals surface area contributed by atoms with Crippen molar-refractivity contribution < 1.29 is 23.9 Å². The lowest BCUT2D eigenvalue weighted by Crippen LogP contribution is -2.38. The van der Waals surface area contributed by atoms with Gasteiger partial charge in [0.15, 0.2) is 11.6 Å². The van der Waals surface area contributed by atoms with Gasteiger partial charge in [-0.1, -0.05) is 75.4 Å². The zero-order valence-electron chi connectivity index (χ0n) is 23.9. The van der Waals surface area contributed by atoms with Crippen LogP contribution in [0.25, 0.3) is 0 Å². The second-order valence-electron chi connectivity index (χ2n) is 11.7. The Labute approximate surface area is 237 Å². The highest BCUT2D eigenvalue weighted by molar-refractivity contribution is 5.93. The third kappa shape index (κ3) is 8.10. The molecule has 1 unspecified atom stereocenters. The summed E-state index contributed by atoms with van der Waals surface area (Å²) < 4.78 is 5.41. The van der Waals surface area contributed by atoms with Gasteiger partial charge in [-0.3, -0.25) is 19.2 Å². The summed E-state index contributed by atoms with van der Waals surface area (Å²) in [6, 6.07) is 15.5. The first-order valence-corrected chi connectivity index (χ1v) is 14.6. The summed E-state index contributed by atoms with van der Waals surface area (Å²) in [5, 5.41) is 5.98. The molecule has 2 N–H and O–H groups in total. The van der Waals surface area contributed by atoms with Crippen LogP contribution in [0.4, 0.5) is 0 Å². The molecule has 7 heteroatoms. The van der Waals surface area contributed by atoms with Crippen molar-refractivity contribution in [1.29, 1.82) is 0 Å². The van der Waals surface area contributed by atoms with Gasteiger partial charge >= 0.3 is 0 Å². The van der Waals surface area contributed by atoms with Gasteiger partial charge in [-0.2, -0.15) is 0 Å². The van der Waals surface area contributed by atoms with E-state index in [1.165, 1.54) is 0 Å². The molecule has 0 spiro atoms. The Hall–Kier alpha value is -3.32. The van der Waals surface area contributed by atoms with Crippen molar-refractivity contribution in [3.63, 3.8) is 0 Å². The first kappa shape index (κ1) is 29.7. The molecule has 2 aromatic carbocycles. The van der Waals surface area contributed by atoms with Crippen molar-refractivity contribution in [2.24, 2.45) is 23.7 Å². The van der Waals surface area contributed by atoms with Crippen LogP contribution >= 0.6 is 0 Å². The average Bonchev–Trinajstić information content (AvgIpc) is 3.81. The first-order chi connectivity index (χ1) is 19.2. The van der Waals surface area contributed by atoms with Crippen LogP contribution < -0.4 is 10.6 Å². The van der Waals surface area contributed by atoms with Crippen molar-refractivity contribution >= 4 is 23.4 Å². The van der Waals surface area contributed by atoms with Gasteiger partial charge < -0.3 is 15.4 Å². The molecule has 0 radical (unpaired) electrons. The zero-order valence-corrected chi connectivity index (χ0v) is 23.9. The van der Waals surface area contributed by atoms with Crippen molar-refractivity contribution in [3.8, 4) is 0 Å². The maximum absolute atomic E-state index is 13.8. The number of Topliss-reactive ketones (excluding diaryl/α,β-unsaturated/α-hetero) is 2. The van der Waals surface area contributed by atoms with E-state index in [2.05, 4.69) is 10.6 Å². The minimum Gasteiger partial charge on any atom is -0.381 e. The van der Waals surface area contributed by atoms with E-state index in [-0.39, 0.29) is 47.1 Å². The number of rotatable bonds is 13. The third-order valence-electron chi connectivity index (χ3n) is 7.94. The van der Waals surface area contributed by atoms with Crippen LogP contribution in [-0.2, 0) is 30.3 Å². The van der Waals surface area contributed by atoms with Gasteiger partial charge in [0.1, 0.15) is 12.1 Å². The predicted molar refractivity (Wildman–Crippen MR) is 153 cm³/mol. The highest BCUT2D eigenvalue weighted by Crippen LogP contribution is 2.31. The molecule has 1 aliphatic carbocycles. The molecule has 1 saturated heterocycles. The number of carbonyl (C=O) groups excluding carboxylic acids is 4. The van der Waals surface area contributed by atoms with Gasteiger partial charge in [-0.15, -0.1) is 0 Å². The Morgan fingerprint density at radius 3 is 2.10 bits per heavy atom. The molecule has 3 atom stereocenters. The molecule has 2 amide bonds. The molecular formula is C33H42N2O5. The molecule has 214 valence electrons. The first-order valence-electron chi connectivity index (χ1n) is 14.6. The maximum atomic E-state index is 13.8. The standard InChI is InChI=1S/C33H42N2O5/c1-21(2)31(37)30(35-33(39)26-12-13-26)27-11-7-8-24(19-27)18-22(3)32(38)29(25-9-5-4-6-10-25)34-28(36)20-23-14-16-40-17-15-23/h4-11,19,21-23,26,29-30H,12-18,20H2,1-3H3,(H,34,36)(H,35,39)/t22?,29-,30-/m1/s1. The minimum absolute atomic E-state index is 0.000124. The molecule has 1 aliphatic heterocycles. The number of nitrogens with one attached hydrogen (secondary N) is 2. The molecule has 2 aromatic rings. The van der Waals surface area contributed by atoms with Gasteiger partial charge in [-0.25, -0.2) is 0 Å². The maximum Gasteiger partial charge on any atom is 0.223 e. The number of ketones is 2. The summed E-state index contributed by atoms with van der Waals surface area (Å²) in [7, 11) is 0. The quantitative estimate of drug-likeness (QED) is 0.372. The van der Waals surface area contributed by atoms with Crippen molar-refractivity contribution in [3.05, 3.63) is 71.3 Å². The Morgan fingerprint density at radius 1 is 0.800 bits per heavy atom. The van der Waals surface area contributed by atoms with E-state index in [0.717, 1.165) is 42.4 Å². The number of hydrogen-bond acceptors (Lipinski definition) is 5. The van der Waals surface area contributed by atoms with Gasteiger partial charge in [-0.05, 0) is 54.7 Å². The Bertz CT molecular complexity index is 1180. The molecule has 1 saturated carbocycles. The predicted octanol–water partition coefficient (Wildman–Crippen LogP) is 4.90. The highest BCUT2D eigenvalue weighted by Gasteiger charge is 2.34. The smallest absolute Gasteiger partial charge is 0.223 e. The topological polar surface area (TPSA) is 102 Å². The fourth-order valence-corrected chi connectivity index (χ4v) is 5.29. The Morgan fingerprint density at radius 2 is 1.45 bits per heavy atom. The summed E-state index contributed by atoms with van der Waals surface area (Å²) in [6.07, 6.45) is 4.26. The number of carbonyl (C=O) groups is 4. The molecule has 40 heavy (non-hydrogen) atoms. The van der Waals surface area contributed by atoms with E-state index in [0.29, 0.717) is 26.1 Å². The Kier molecular flexibility index (Phi) is 10.3. The van der Waals surface area contributed by atoms with E-state index in [4.69, 9.17) is 4.74 Å². The van der Waals surface area contributed by atoms with Gasteiger partial charge in [0.25, 0.3) is 0 Å². The van der Waals surface area contributed by atoms with E-state index >= 15 is 0 Å². The van der Waals surface area contributed by atoms with E-state index in [1.54, 1.807) is 0 Å². The summed E-state index contributed by atoms with van der Waals surface area (Å²) in [5.41, 5.74) is 2.40. The van der Waals surface area contributed by atoms with Crippen LogP contribution in [0.2, 0.25) is 0 Å². The molecule has 2 aliphatic rings. The number of amides is 2. The average molecular weight is 547 g/mol. The normalized spacial score (nSPS) is 18.0. The SMILES string of the molecule is CC(C)C(=O)[C@H](NC(=O)C1CC1)c1cccc(CC(C)C(=O)[C@H](NC(=O)CC2CCOCC2)c2ccccc2)c1. The molecule has 7 nitrogen and oxygen atoms in total. The van der Waals surface area contributed by atoms with Gasteiger partial charge in [0.2, 0.25) is 11.8 Å². The number of ether oxygens (including phenoxy) is 1. The zero-order chi connectivity index (χ0) is 28.6. The van der Waals surface area contributed by atoms with Crippen molar-refractivity contribution in [1.82, 2.24) is 10.6 Å². The monoisotopic (exact) mass is 546 g/mol. The van der Waals surface area contributed by atoms with Gasteiger partial charge in [0, 0.05) is 37.4 Å². The fourth-order valence-electron chi connectivity index (χ4n) is 5.29. The Balaban J connectivity index is 1.48. The van der Waals surface area contributed by atoms with E-state index < -0.39 is 12.1 Å². The number of hydrogen-bond donors (Lipinski definition) is 2. The van der Waals surface area contributed by atoms with Crippen LogP contribution in [0.5, 0.6) is 0 Å². The lowest BCUT2D eigenvalue weighted by molar-refractivity contribution is -0.130. The molecule has 4 rings (SSSR count). The number of benzene rings is 2. The summed E-state index contributed by atoms with van der Waals surface area (Å²) in [5.74, 6) is -0.642. The summed E-state index contributed by atoms with van der Waals surface area (Å²) >= 11 is 0. The van der Waals surface area contributed by atoms with Crippen LogP contribution in [-0.4, -0.2) is 36.6 Å². The third-order valence-corrected chi connectivity index (χ3v) is 7.94. The van der Waals surface area contributed by atoms with E-state index in [1.807, 2.05) is 75.4 Å². The van der Waals surface area contributed by atoms with Crippen LogP contribution in [0.15, 0.2) is 54.6 Å². The molecule has 1 heterocycles. The van der Waals surface area contributed by atoms with Crippen LogP contribution in [0, 0.1) is 23.7 Å². The summed E-state index contributed by atoms with van der Waals surface area (Å²) in [6.45, 7) is 6.89. The lowest BCUT2D eigenvalue weighted by Gasteiger charge is -2.25. The van der Waals surface area contributed by atoms with Gasteiger partial charge in [0.05, 0.1) is 0 Å². The highest BCUT2D eigenvalue weighted by atomic mass is 16.5. The fraction of sp³-hybridized carbons (Fsp3) is 0.515. The molecule has 0 bridgehead atoms. The molecular weight excluding hydrogens is 504 g/mol. The van der Waals surface area contributed by atoms with E-state index in [9.17, 15) is 19.2 Å². The largest absolute Gasteiger partial charge is 0.381 e. The van der Waals surface area contributed by atoms with Crippen LogP contribution in [0.3, 0.4) is 0 Å². The molecule has 2 fully saturated rings. The van der Waals surface area contributed by atoms with Crippen molar-refractivity contribution in [2.45, 2.75) is 71.4 Å². The minimum atomic E-state index is -0.736. The summed E-state index contributed by atoms with van der Waals surface area (Å²) in [4.78, 5) is 52.3. The lowest BCUT2D eigenvalue weighted by atomic mass is 9.87. The second-order valence-corrected chi connectivity index (χ2v) is 11.7. The van der Waals surface area contributed by atoms with Crippen molar-refractivity contribution in [2.75, 3.05) is 13.2 Å². The second kappa shape index (κ2) is 13.8.